The zero-order valence-corrected chi connectivity index (χ0v) is 9.84. The van der Waals surface area contributed by atoms with Gasteiger partial charge in [0.25, 0.3) is 0 Å². The van der Waals surface area contributed by atoms with Crippen LogP contribution < -0.4 is 5.32 Å². The molecule has 1 N–H and O–H groups in total. The second-order valence-corrected chi connectivity index (χ2v) is 3.73. The molecule has 88 valence electrons. The highest BCUT2D eigenvalue weighted by Crippen LogP contribution is 1.88. The van der Waals surface area contributed by atoms with Crippen molar-refractivity contribution in [2.45, 2.75) is 26.9 Å². The molecule has 0 aliphatic rings. The quantitative estimate of drug-likeness (QED) is 0.374. The standard InChI is InChI=1S/C11H21NO3/c1-9(2)8-14-6-5-12-7-11(13)15-10(3)4/h10,12H,1,5-8H2,2-4H3. The van der Waals surface area contributed by atoms with E-state index in [1.165, 1.54) is 0 Å². The van der Waals surface area contributed by atoms with E-state index in [1.54, 1.807) is 0 Å². The van der Waals surface area contributed by atoms with Gasteiger partial charge in [0, 0.05) is 6.54 Å². The van der Waals surface area contributed by atoms with Crippen LogP contribution in [-0.2, 0) is 14.3 Å². The third kappa shape index (κ3) is 11.1. The van der Waals surface area contributed by atoms with Crippen LogP contribution in [0.5, 0.6) is 0 Å². The Bertz CT molecular complexity index is 202. The second-order valence-electron chi connectivity index (χ2n) is 3.73. The van der Waals surface area contributed by atoms with Crippen LogP contribution in [0.4, 0.5) is 0 Å². The Morgan fingerprint density at radius 2 is 2.13 bits per heavy atom. The minimum absolute atomic E-state index is 0.0565. The normalized spacial score (nSPS) is 10.4. The van der Waals surface area contributed by atoms with Crippen molar-refractivity contribution in [2.75, 3.05) is 26.3 Å². The summed E-state index contributed by atoms with van der Waals surface area (Å²) in [7, 11) is 0. The fourth-order valence-corrected chi connectivity index (χ4v) is 0.886. The molecule has 0 aromatic rings. The molecule has 0 saturated heterocycles. The predicted octanol–water partition coefficient (Wildman–Crippen LogP) is 1.12. The number of carbonyl (C=O) groups excluding carboxylic acids is 1. The number of esters is 1. The van der Waals surface area contributed by atoms with E-state index in [2.05, 4.69) is 11.9 Å². The molecular formula is C11H21NO3. The van der Waals surface area contributed by atoms with Crippen molar-refractivity contribution in [1.29, 1.82) is 0 Å². The first kappa shape index (κ1) is 14.1. The molecule has 4 heteroatoms. The number of ether oxygens (including phenoxy) is 2. The molecule has 15 heavy (non-hydrogen) atoms. The molecule has 0 spiro atoms. The first-order valence-electron chi connectivity index (χ1n) is 5.14. The monoisotopic (exact) mass is 215 g/mol. The Morgan fingerprint density at radius 3 is 2.67 bits per heavy atom. The Labute approximate surface area is 91.6 Å². The average Bonchev–Trinajstić information content (AvgIpc) is 2.09. The molecule has 0 aromatic heterocycles. The van der Waals surface area contributed by atoms with Gasteiger partial charge in [-0.25, -0.2) is 0 Å². The molecule has 0 aliphatic carbocycles. The molecule has 0 unspecified atom stereocenters. The van der Waals surface area contributed by atoms with Gasteiger partial charge in [0.05, 0.1) is 25.9 Å². The molecule has 0 radical (unpaired) electrons. The van der Waals surface area contributed by atoms with Crippen molar-refractivity contribution < 1.29 is 14.3 Å². The van der Waals surface area contributed by atoms with Crippen LogP contribution in [0.1, 0.15) is 20.8 Å². The van der Waals surface area contributed by atoms with Crippen LogP contribution >= 0.6 is 0 Å². The number of rotatable bonds is 8. The van der Waals surface area contributed by atoms with Crippen molar-refractivity contribution in [3.05, 3.63) is 12.2 Å². The van der Waals surface area contributed by atoms with E-state index in [1.807, 2.05) is 20.8 Å². The number of hydrogen-bond donors (Lipinski definition) is 1. The summed E-state index contributed by atoms with van der Waals surface area (Å²) < 4.78 is 10.2. The van der Waals surface area contributed by atoms with Gasteiger partial charge in [-0.05, 0) is 20.8 Å². The minimum Gasteiger partial charge on any atom is -0.462 e. The van der Waals surface area contributed by atoms with E-state index in [0.29, 0.717) is 19.8 Å². The van der Waals surface area contributed by atoms with Crippen LogP contribution in [0.3, 0.4) is 0 Å². The van der Waals surface area contributed by atoms with E-state index in [4.69, 9.17) is 9.47 Å². The Morgan fingerprint density at radius 1 is 1.47 bits per heavy atom. The summed E-state index contributed by atoms with van der Waals surface area (Å²) in [5.74, 6) is -0.232. The largest absolute Gasteiger partial charge is 0.462 e. The summed E-state index contributed by atoms with van der Waals surface area (Å²) >= 11 is 0. The predicted molar refractivity (Wildman–Crippen MR) is 59.7 cm³/mol. The van der Waals surface area contributed by atoms with Crippen molar-refractivity contribution in [1.82, 2.24) is 5.32 Å². The highest BCUT2D eigenvalue weighted by Gasteiger charge is 2.03. The zero-order valence-electron chi connectivity index (χ0n) is 9.84. The molecule has 0 fully saturated rings. The first-order chi connectivity index (χ1) is 7.02. The van der Waals surface area contributed by atoms with Crippen LogP contribution in [0.2, 0.25) is 0 Å². The van der Waals surface area contributed by atoms with Gasteiger partial charge in [0.15, 0.2) is 0 Å². The van der Waals surface area contributed by atoms with Crippen LogP contribution in [-0.4, -0.2) is 38.4 Å². The fraction of sp³-hybridized carbons (Fsp3) is 0.727. The molecule has 0 bridgehead atoms. The lowest BCUT2D eigenvalue weighted by molar-refractivity contribution is -0.146. The van der Waals surface area contributed by atoms with Gasteiger partial charge in [-0.3, -0.25) is 4.79 Å². The van der Waals surface area contributed by atoms with Gasteiger partial charge in [-0.2, -0.15) is 0 Å². The second kappa shape index (κ2) is 8.44. The summed E-state index contributed by atoms with van der Waals surface area (Å²) in [6, 6.07) is 0. The smallest absolute Gasteiger partial charge is 0.320 e. The molecule has 0 atom stereocenters. The van der Waals surface area contributed by atoms with Crippen LogP contribution in [0.15, 0.2) is 12.2 Å². The zero-order chi connectivity index (χ0) is 11.7. The Kier molecular flexibility index (Phi) is 7.95. The topological polar surface area (TPSA) is 47.6 Å². The van der Waals surface area contributed by atoms with Crippen molar-refractivity contribution in [2.24, 2.45) is 0 Å². The number of hydrogen-bond acceptors (Lipinski definition) is 4. The number of carbonyl (C=O) groups is 1. The number of nitrogens with one attached hydrogen (secondary N) is 1. The lowest BCUT2D eigenvalue weighted by atomic mass is 10.4. The van der Waals surface area contributed by atoms with Crippen LogP contribution in [0, 0.1) is 0 Å². The minimum atomic E-state index is -0.232. The van der Waals surface area contributed by atoms with E-state index in [-0.39, 0.29) is 18.6 Å². The first-order valence-corrected chi connectivity index (χ1v) is 5.14. The maximum atomic E-state index is 11.1. The molecule has 0 amide bonds. The summed E-state index contributed by atoms with van der Waals surface area (Å²) in [6.07, 6.45) is -0.0565. The van der Waals surface area contributed by atoms with Crippen molar-refractivity contribution in [3.63, 3.8) is 0 Å². The van der Waals surface area contributed by atoms with Crippen LogP contribution in [0.25, 0.3) is 0 Å². The summed E-state index contributed by atoms with van der Waals surface area (Å²) in [4.78, 5) is 11.1. The maximum absolute atomic E-state index is 11.1. The molecule has 4 nitrogen and oxygen atoms in total. The third-order valence-corrected chi connectivity index (χ3v) is 1.41. The Hall–Kier alpha value is -0.870. The average molecular weight is 215 g/mol. The van der Waals surface area contributed by atoms with Crippen molar-refractivity contribution in [3.8, 4) is 0 Å². The van der Waals surface area contributed by atoms with Gasteiger partial charge in [-0.1, -0.05) is 12.2 Å². The lowest BCUT2D eigenvalue weighted by Crippen LogP contribution is -2.29. The van der Waals surface area contributed by atoms with E-state index in [0.717, 1.165) is 5.57 Å². The highest BCUT2D eigenvalue weighted by atomic mass is 16.5. The van der Waals surface area contributed by atoms with Gasteiger partial charge < -0.3 is 14.8 Å². The van der Waals surface area contributed by atoms with Gasteiger partial charge in [-0.15, -0.1) is 0 Å². The maximum Gasteiger partial charge on any atom is 0.320 e. The SMILES string of the molecule is C=C(C)COCCNCC(=O)OC(C)C. The van der Waals surface area contributed by atoms with Crippen molar-refractivity contribution >= 4 is 5.97 Å². The summed E-state index contributed by atoms with van der Waals surface area (Å²) in [5.41, 5.74) is 0.995. The highest BCUT2D eigenvalue weighted by molar-refractivity contribution is 5.71. The molecule has 0 aliphatic heterocycles. The molecule has 0 heterocycles. The Balaban J connectivity index is 3.24. The third-order valence-electron chi connectivity index (χ3n) is 1.41. The summed E-state index contributed by atoms with van der Waals surface area (Å²) in [6.45, 7) is 11.3. The summed E-state index contributed by atoms with van der Waals surface area (Å²) in [5, 5.41) is 2.94. The molecule has 0 rings (SSSR count). The van der Waals surface area contributed by atoms with E-state index >= 15 is 0 Å². The molecule has 0 saturated carbocycles. The fourth-order valence-electron chi connectivity index (χ4n) is 0.886. The lowest BCUT2D eigenvalue weighted by Gasteiger charge is -2.08. The van der Waals surface area contributed by atoms with E-state index < -0.39 is 0 Å². The molecule has 0 aromatic carbocycles. The van der Waals surface area contributed by atoms with Gasteiger partial charge in [0.2, 0.25) is 0 Å². The molecular weight excluding hydrogens is 194 g/mol. The van der Waals surface area contributed by atoms with E-state index in [9.17, 15) is 4.79 Å². The van der Waals surface area contributed by atoms with Gasteiger partial charge in [0.1, 0.15) is 0 Å². The van der Waals surface area contributed by atoms with Gasteiger partial charge >= 0.3 is 5.97 Å².